The number of nitrogens with zero attached hydrogens (tertiary/aromatic N) is 4. The summed E-state index contributed by atoms with van der Waals surface area (Å²) in [4.78, 5) is 4.24. The average Bonchev–Trinajstić information content (AvgIpc) is 2.62. The van der Waals surface area contributed by atoms with E-state index in [1.165, 1.54) is 18.8 Å². The van der Waals surface area contributed by atoms with E-state index in [0.717, 1.165) is 11.8 Å². The average molecular weight is 206 g/mol. The minimum Gasteiger partial charge on any atom is -0.300 e. The maximum Gasteiger partial charge on any atom is 0.0864 e. The number of piperidine rings is 1. The molecule has 2 heterocycles. The predicted molar refractivity (Wildman–Crippen MR) is 57.4 cm³/mol. The van der Waals surface area contributed by atoms with Crippen LogP contribution in [0.5, 0.6) is 0 Å². The summed E-state index contributed by atoms with van der Waals surface area (Å²) in [7, 11) is 1.89. The van der Waals surface area contributed by atoms with Crippen molar-refractivity contribution in [1.29, 1.82) is 0 Å². The van der Waals surface area contributed by atoms with Crippen molar-refractivity contribution in [3.8, 4) is 0 Å². The molecule has 0 spiro atoms. The van der Waals surface area contributed by atoms with Crippen LogP contribution in [0.1, 0.15) is 25.5 Å². The van der Waals surface area contributed by atoms with Gasteiger partial charge in [0.2, 0.25) is 0 Å². The second-order valence-electron chi connectivity index (χ2n) is 5.16. The number of fused-ring (bicyclic) bond motifs is 1. The van der Waals surface area contributed by atoms with E-state index in [1.54, 1.807) is 4.80 Å². The first-order valence-electron chi connectivity index (χ1n) is 5.77. The summed E-state index contributed by atoms with van der Waals surface area (Å²) >= 11 is 0. The van der Waals surface area contributed by atoms with Crippen LogP contribution in [0.2, 0.25) is 0 Å². The van der Waals surface area contributed by atoms with Gasteiger partial charge in [-0.15, -0.1) is 0 Å². The van der Waals surface area contributed by atoms with Gasteiger partial charge in [-0.25, -0.2) is 0 Å². The lowest BCUT2D eigenvalue weighted by molar-refractivity contribution is 0.242. The summed E-state index contributed by atoms with van der Waals surface area (Å²) in [6.07, 6.45) is 1.93. The van der Waals surface area contributed by atoms with Crippen LogP contribution in [0.15, 0.2) is 6.20 Å². The van der Waals surface area contributed by atoms with Crippen molar-refractivity contribution in [2.24, 2.45) is 18.9 Å². The Morgan fingerprint density at radius 2 is 2.00 bits per heavy atom. The molecule has 82 valence electrons. The Morgan fingerprint density at radius 3 is 2.47 bits per heavy atom. The molecule has 0 radical (unpaired) electrons. The Labute approximate surface area is 90.3 Å². The van der Waals surface area contributed by atoms with Crippen LogP contribution >= 0.6 is 0 Å². The molecule has 15 heavy (non-hydrogen) atoms. The van der Waals surface area contributed by atoms with Crippen LogP contribution in [-0.2, 0) is 7.05 Å². The van der Waals surface area contributed by atoms with Crippen molar-refractivity contribution < 1.29 is 0 Å². The van der Waals surface area contributed by atoms with Crippen LogP contribution in [0.4, 0.5) is 0 Å². The molecule has 2 atom stereocenters. The Hall–Kier alpha value is -0.900. The lowest BCUT2D eigenvalue weighted by atomic mass is 10.2. The van der Waals surface area contributed by atoms with Gasteiger partial charge in [-0.3, -0.25) is 0 Å². The van der Waals surface area contributed by atoms with E-state index in [-0.39, 0.29) is 0 Å². The molecule has 1 aromatic rings. The zero-order chi connectivity index (χ0) is 10.6. The zero-order valence-electron chi connectivity index (χ0n) is 9.59. The predicted octanol–water partition coefficient (Wildman–Crippen LogP) is 0.869. The molecule has 2 fully saturated rings. The lowest BCUT2D eigenvalue weighted by Crippen LogP contribution is -2.31. The summed E-state index contributed by atoms with van der Waals surface area (Å²) in [5.74, 6) is 2.40. The van der Waals surface area contributed by atoms with Crippen molar-refractivity contribution in [3.63, 3.8) is 0 Å². The molecular weight excluding hydrogens is 188 g/mol. The second-order valence-corrected chi connectivity index (χ2v) is 5.16. The molecule has 2 aliphatic rings. The fourth-order valence-corrected chi connectivity index (χ4v) is 2.93. The number of aryl methyl sites for hydroxylation is 1. The van der Waals surface area contributed by atoms with Crippen molar-refractivity contribution >= 4 is 0 Å². The summed E-state index contributed by atoms with van der Waals surface area (Å²) in [6.45, 7) is 7.07. The molecule has 1 saturated heterocycles. The largest absolute Gasteiger partial charge is 0.300 e. The first-order valence-corrected chi connectivity index (χ1v) is 5.77. The maximum absolute atomic E-state index is 4.41. The minimum atomic E-state index is 0.695. The van der Waals surface area contributed by atoms with Crippen molar-refractivity contribution in [2.75, 3.05) is 13.1 Å². The van der Waals surface area contributed by atoms with Crippen LogP contribution in [-0.4, -0.2) is 39.0 Å². The Morgan fingerprint density at radius 1 is 1.33 bits per heavy atom. The zero-order valence-corrected chi connectivity index (χ0v) is 9.59. The summed E-state index contributed by atoms with van der Waals surface area (Å²) in [6, 6.07) is 0.695. The molecule has 1 aromatic heterocycles. The van der Waals surface area contributed by atoms with Gasteiger partial charge in [0, 0.05) is 32.1 Å². The molecule has 1 aliphatic carbocycles. The normalized spacial score (nSPS) is 34.8. The van der Waals surface area contributed by atoms with E-state index in [9.17, 15) is 0 Å². The number of aromatic nitrogens is 3. The molecule has 4 heteroatoms. The van der Waals surface area contributed by atoms with E-state index in [0.29, 0.717) is 12.0 Å². The van der Waals surface area contributed by atoms with Crippen molar-refractivity contribution in [2.45, 2.75) is 25.8 Å². The molecule has 0 N–H and O–H groups in total. The molecule has 0 amide bonds. The molecule has 3 rings (SSSR count). The SMILES string of the molecule is CC(C)N1CC2C(C1)C2c1cnn(C)n1. The summed E-state index contributed by atoms with van der Waals surface area (Å²) in [5.41, 5.74) is 1.20. The molecular formula is C11H18N4. The van der Waals surface area contributed by atoms with Crippen LogP contribution in [0.3, 0.4) is 0 Å². The monoisotopic (exact) mass is 206 g/mol. The molecule has 1 aliphatic heterocycles. The van der Waals surface area contributed by atoms with Crippen LogP contribution < -0.4 is 0 Å². The van der Waals surface area contributed by atoms with Gasteiger partial charge in [0.15, 0.2) is 0 Å². The Balaban J connectivity index is 1.68. The van der Waals surface area contributed by atoms with Gasteiger partial charge in [0.1, 0.15) is 0 Å². The van der Waals surface area contributed by atoms with Crippen LogP contribution in [0, 0.1) is 11.8 Å². The Kier molecular flexibility index (Phi) is 1.89. The van der Waals surface area contributed by atoms with E-state index in [4.69, 9.17) is 0 Å². The van der Waals surface area contributed by atoms with Gasteiger partial charge in [-0.1, -0.05) is 0 Å². The second kappa shape index (κ2) is 3.04. The lowest BCUT2D eigenvalue weighted by Gasteiger charge is -2.22. The third-order valence-electron chi connectivity index (χ3n) is 3.91. The number of likely N-dealkylation sites (tertiary alicyclic amines) is 1. The molecule has 4 nitrogen and oxygen atoms in total. The molecule has 0 aromatic carbocycles. The van der Waals surface area contributed by atoms with Gasteiger partial charge in [-0.2, -0.15) is 15.0 Å². The molecule has 1 saturated carbocycles. The van der Waals surface area contributed by atoms with Gasteiger partial charge >= 0.3 is 0 Å². The standard InChI is InChI=1S/C11H18N4/c1-7(2)15-5-8-9(6-15)11(8)10-4-12-14(3)13-10/h4,7-9,11H,5-6H2,1-3H3. The Bertz CT molecular complexity index is 358. The number of hydrogen-bond donors (Lipinski definition) is 0. The minimum absolute atomic E-state index is 0.695. The van der Waals surface area contributed by atoms with E-state index < -0.39 is 0 Å². The third-order valence-corrected chi connectivity index (χ3v) is 3.91. The summed E-state index contributed by atoms with van der Waals surface area (Å²) in [5, 5.41) is 8.56. The van der Waals surface area contributed by atoms with Crippen molar-refractivity contribution in [3.05, 3.63) is 11.9 Å². The van der Waals surface area contributed by atoms with Crippen LogP contribution in [0.25, 0.3) is 0 Å². The van der Waals surface area contributed by atoms with Gasteiger partial charge in [0.05, 0.1) is 11.9 Å². The van der Waals surface area contributed by atoms with E-state index >= 15 is 0 Å². The fraction of sp³-hybridized carbons (Fsp3) is 0.818. The number of hydrogen-bond acceptors (Lipinski definition) is 3. The highest BCUT2D eigenvalue weighted by Crippen LogP contribution is 2.57. The highest BCUT2D eigenvalue weighted by molar-refractivity contribution is 5.22. The van der Waals surface area contributed by atoms with E-state index in [2.05, 4.69) is 28.9 Å². The topological polar surface area (TPSA) is 34.0 Å². The van der Waals surface area contributed by atoms with Gasteiger partial charge in [0.25, 0.3) is 0 Å². The molecule has 0 bridgehead atoms. The first-order chi connectivity index (χ1) is 7.16. The quantitative estimate of drug-likeness (QED) is 0.720. The van der Waals surface area contributed by atoms with E-state index in [1.807, 2.05) is 13.2 Å². The van der Waals surface area contributed by atoms with Gasteiger partial charge < -0.3 is 4.90 Å². The first kappa shape index (κ1) is 9.33. The maximum atomic E-state index is 4.41. The smallest absolute Gasteiger partial charge is 0.0864 e. The third kappa shape index (κ3) is 1.39. The summed E-state index contributed by atoms with van der Waals surface area (Å²) < 4.78 is 0. The van der Waals surface area contributed by atoms with Crippen molar-refractivity contribution in [1.82, 2.24) is 19.9 Å². The highest BCUT2D eigenvalue weighted by atomic mass is 15.4. The number of rotatable bonds is 2. The van der Waals surface area contributed by atoms with Gasteiger partial charge in [-0.05, 0) is 25.7 Å². The molecule has 2 unspecified atom stereocenters. The highest BCUT2D eigenvalue weighted by Gasteiger charge is 2.57. The fourth-order valence-electron chi connectivity index (χ4n) is 2.93.